The van der Waals surface area contributed by atoms with E-state index in [1.165, 1.54) is 6.07 Å². The van der Waals surface area contributed by atoms with Gasteiger partial charge < -0.3 is 15.4 Å². The molecule has 2 rings (SSSR count). The zero-order chi connectivity index (χ0) is 14.0. The van der Waals surface area contributed by atoms with Crippen LogP contribution in [-0.4, -0.2) is 30.3 Å². The number of nitrogens with two attached hydrogens (primary N) is 1. The predicted octanol–water partition coefficient (Wildman–Crippen LogP) is 1.77. The number of nitrogens with zero attached hydrogens (tertiary/aromatic N) is 2. The number of carbonyl (C=O) groups excluding carboxylic acids is 1. The summed E-state index contributed by atoms with van der Waals surface area (Å²) >= 11 is 0. The molecular weight excluding hydrogens is 263 g/mol. The SMILES string of the molecule is NC(=O)OC1CCN(c2ccnc(C(F)(F)F)c2)C1. The van der Waals surface area contributed by atoms with Crippen LogP contribution < -0.4 is 10.6 Å². The highest BCUT2D eigenvalue weighted by Crippen LogP contribution is 2.31. The molecule has 104 valence electrons. The normalized spacial score (nSPS) is 19.5. The van der Waals surface area contributed by atoms with Crippen molar-refractivity contribution in [3.8, 4) is 0 Å². The number of ether oxygens (including phenoxy) is 1. The average molecular weight is 275 g/mol. The molecule has 2 heterocycles. The number of amides is 1. The van der Waals surface area contributed by atoms with Gasteiger partial charge in [0.1, 0.15) is 11.8 Å². The van der Waals surface area contributed by atoms with E-state index in [-0.39, 0.29) is 6.10 Å². The van der Waals surface area contributed by atoms with E-state index >= 15 is 0 Å². The molecule has 1 fully saturated rings. The smallest absolute Gasteiger partial charge is 0.433 e. The van der Waals surface area contributed by atoms with Gasteiger partial charge in [-0.1, -0.05) is 0 Å². The first-order chi connectivity index (χ1) is 8.86. The largest absolute Gasteiger partial charge is 0.444 e. The maximum Gasteiger partial charge on any atom is 0.433 e. The lowest BCUT2D eigenvalue weighted by molar-refractivity contribution is -0.141. The average Bonchev–Trinajstić information content (AvgIpc) is 2.76. The van der Waals surface area contributed by atoms with Crippen LogP contribution >= 0.6 is 0 Å². The van der Waals surface area contributed by atoms with Crippen LogP contribution in [0.5, 0.6) is 0 Å². The second-order valence-electron chi connectivity index (χ2n) is 4.19. The number of hydrogen-bond donors (Lipinski definition) is 1. The minimum Gasteiger partial charge on any atom is -0.444 e. The lowest BCUT2D eigenvalue weighted by Crippen LogP contribution is -2.27. The highest BCUT2D eigenvalue weighted by Gasteiger charge is 2.33. The summed E-state index contributed by atoms with van der Waals surface area (Å²) in [5.41, 5.74) is 4.36. The summed E-state index contributed by atoms with van der Waals surface area (Å²) < 4.78 is 42.4. The van der Waals surface area contributed by atoms with E-state index < -0.39 is 18.0 Å². The van der Waals surface area contributed by atoms with Crippen LogP contribution in [0.2, 0.25) is 0 Å². The first kappa shape index (κ1) is 13.4. The van der Waals surface area contributed by atoms with Gasteiger partial charge in [0.15, 0.2) is 0 Å². The maximum absolute atomic E-state index is 12.5. The quantitative estimate of drug-likeness (QED) is 0.893. The van der Waals surface area contributed by atoms with Crippen molar-refractivity contribution in [1.29, 1.82) is 0 Å². The Hall–Kier alpha value is -1.99. The molecule has 1 aromatic heterocycles. The van der Waals surface area contributed by atoms with Crippen LogP contribution in [0.15, 0.2) is 18.3 Å². The van der Waals surface area contributed by atoms with Crippen LogP contribution in [0.1, 0.15) is 12.1 Å². The number of rotatable bonds is 2. The molecule has 1 atom stereocenters. The molecule has 0 bridgehead atoms. The third-order valence-electron chi connectivity index (χ3n) is 2.83. The van der Waals surface area contributed by atoms with Gasteiger partial charge in [-0.3, -0.25) is 4.98 Å². The van der Waals surface area contributed by atoms with E-state index in [1.807, 2.05) is 0 Å². The first-order valence-electron chi connectivity index (χ1n) is 5.60. The summed E-state index contributed by atoms with van der Waals surface area (Å²) in [6.07, 6.45) is -4.09. The van der Waals surface area contributed by atoms with Gasteiger partial charge in [-0.2, -0.15) is 13.2 Å². The van der Waals surface area contributed by atoms with E-state index in [0.29, 0.717) is 25.2 Å². The van der Waals surface area contributed by atoms with Crippen LogP contribution in [-0.2, 0) is 10.9 Å². The van der Waals surface area contributed by atoms with E-state index in [2.05, 4.69) is 4.98 Å². The second-order valence-corrected chi connectivity index (χ2v) is 4.19. The van der Waals surface area contributed by atoms with Crippen molar-refractivity contribution >= 4 is 11.8 Å². The lowest BCUT2D eigenvalue weighted by Gasteiger charge is -2.19. The molecule has 1 aliphatic heterocycles. The standard InChI is InChI=1S/C11H12F3N3O2/c12-11(13,14)9-5-7(1-3-16-9)17-4-2-8(6-17)19-10(15)18/h1,3,5,8H,2,4,6H2,(H2,15,18). The van der Waals surface area contributed by atoms with E-state index in [4.69, 9.17) is 10.5 Å². The van der Waals surface area contributed by atoms with Crippen molar-refractivity contribution in [3.05, 3.63) is 24.0 Å². The van der Waals surface area contributed by atoms with Crippen molar-refractivity contribution in [3.63, 3.8) is 0 Å². The summed E-state index contributed by atoms with van der Waals surface area (Å²) in [5, 5.41) is 0. The number of primary amides is 1. The number of hydrogen-bond acceptors (Lipinski definition) is 4. The lowest BCUT2D eigenvalue weighted by atomic mass is 10.3. The Balaban J connectivity index is 2.09. The Morgan fingerprint density at radius 3 is 2.89 bits per heavy atom. The number of alkyl halides is 3. The molecule has 8 heteroatoms. The van der Waals surface area contributed by atoms with Crippen molar-refractivity contribution < 1.29 is 22.7 Å². The Morgan fingerprint density at radius 1 is 1.53 bits per heavy atom. The van der Waals surface area contributed by atoms with Crippen LogP contribution in [0, 0.1) is 0 Å². The van der Waals surface area contributed by atoms with E-state index in [1.54, 1.807) is 4.90 Å². The minimum absolute atomic E-state index is 0.324. The highest BCUT2D eigenvalue weighted by molar-refractivity contribution is 5.65. The molecule has 2 N–H and O–H groups in total. The molecule has 1 aromatic rings. The summed E-state index contributed by atoms with van der Waals surface area (Å²) in [4.78, 5) is 15.6. The van der Waals surface area contributed by atoms with Crippen molar-refractivity contribution in [2.24, 2.45) is 5.73 Å². The predicted molar refractivity (Wildman–Crippen MR) is 60.5 cm³/mol. The Labute approximate surface area is 107 Å². The summed E-state index contributed by atoms with van der Waals surface area (Å²) in [6.45, 7) is 0.823. The van der Waals surface area contributed by atoms with Crippen molar-refractivity contribution in [2.75, 3.05) is 18.0 Å². The number of pyridine rings is 1. The van der Waals surface area contributed by atoms with Crippen LogP contribution in [0.4, 0.5) is 23.7 Å². The van der Waals surface area contributed by atoms with Gasteiger partial charge in [0, 0.05) is 24.8 Å². The van der Waals surface area contributed by atoms with Crippen molar-refractivity contribution in [1.82, 2.24) is 4.98 Å². The Bertz CT molecular complexity index is 478. The molecule has 5 nitrogen and oxygen atoms in total. The molecule has 19 heavy (non-hydrogen) atoms. The zero-order valence-electron chi connectivity index (χ0n) is 9.85. The summed E-state index contributed by atoms with van der Waals surface area (Å²) in [7, 11) is 0. The monoisotopic (exact) mass is 275 g/mol. The molecule has 1 saturated heterocycles. The third kappa shape index (κ3) is 3.27. The van der Waals surface area contributed by atoms with Gasteiger partial charge in [0.2, 0.25) is 0 Å². The fraction of sp³-hybridized carbons (Fsp3) is 0.455. The van der Waals surface area contributed by atoms with E-state index in [0.717, 1.165) is 12.3 Å². The Kier molecular flexibility index (Phi) is 3.50. The number of aromatic nitrogens is 1. The van der Waals surface area contributed by atoms with Gasteiger partial charge in [-0.05, 0) is 12.1 Å². The second kappa shape index (κ2) is 4.94. The molecule has 0 saturated carbocycles. The van der Waals surface area contributed by atoms with Crippen LogP contribution in [0.3, 0.4) is 0 Å². The minimum atomic E-state index is -4.47. The summed E-state index contributed by atoms with van der Waals surface area (Å²) in [6, 6.07) is 2.47. The molecule has 0 spiro atoms. The topological polar surface area (TPSA) is 68.5 Å². The van der Waals surface area contributed by atoms with Gasteiger partial charge in [0.05, 0.1) is 6.54 Å². The van der Waals surface area contributed by atoms with Gasteiger partial charge in [-0.15, -0.1) is 0 Å². The maximum atomic E-state index is 12.5. The number of carbonyl (C=O) groups is 1. The third-order valence-corrected chi connectivity index (χ3v) is 2.83. The number of anilines is 1. The molecule has 1 amide bonds. The fourth-order valence-corrected chi connectivity index (χ4v) is 1.99. The molecule has 0 aliphatic carbocycles. The molecule has 0 aromatic carbocycles. The van der Waals surface area contributed by atoms with Gasteiger partial charge >= 0.3 is 12.3 Å². The van der Waals surface area contributed by atoms with Gasteiger partial charge in [-0.25, -0.2) is 4.79 Å². The summed E-state index contributed by atoms with van der Waals surface area (Å²) in [5.74, 6) is 0. The van der Waals surface area contributed by atoms with Crippen molar-refractivity contribution in [2.45, 2.75) is 18.7 Å². The van der Waals surface area contributed by atoms with Gasteiger partial charge in [0.25, 0.3) is 0 Å². The molecule has 1 aliphatic rings. The molecular formula is C11H12F3N3O2. The molecule has 1 unspecified atom stereocenters. The van der Waals surface area contributed by atoms with Crippen LogP contribution in [0.25, 0.3) is 0 Å². The highest BCUT2D eigenvalue weighted by atomic mass is 19.4. The Morgan fingerprint density at radius 2 is 2.26 bits per heavy atom. The first-order valence-corrected chi connectivity index (χ1v) is 5.60. The fourth-order valence-electron chi connectivity index (χ4n) is 1.99. The number of halogens is 3. The molecule has 0 radical (unpaired) electrons. The van der Waals surface area contributed by atoms with E-state index in [9.17, 15) is 18.0 Å². The zero-order valence-corrected chi connectivity index (χ0v) is 9.85.